The minimum atomic E-state index is -0.505. The number of ether oxygens (including phenoxy) is 2. The van der Waals surface area contributed by atoms with Crippen LogP contribution in [0.5, 0.6) is 0 Å². The van der Waals surface area contributed by atoms with Crippen LogP contribution < -0.4 is 0 Å². The second kappa shape index (κ2) is 6.63. The number of ketones is 1. The van der Waals surface area contributed by atoms with E-state index >= 15 is 0 Å². The molecule has 1 fully saturated rings. The fourth-order valence-corrected chi connectivity index (χ4v) is 3.52. The minimum Gasteiger partial charge on any atom is -0.462 e. The zero-order valence-corrected chi connectivity index (χ0v) is 13.6. The Kier molecular flexibility index (Phi) is 5.04. The van der Waals surface area contributed by atoms with Crippen molar-refractivity contribution in [3.05, 3.63) is 11.6 Å². The van der Waals surface area contributed by atoms with Crippen molar-refractivity contribution in [3.63, 3.8) is 0 Å². The van der Waals surface area contributed by atoms with Crippen LogP contribution in [0.3, 0.4) is 0 Å². The summed E-state index contributed by atoms with van der Waals surface area (Å²) in [5.41, 5.74) is 0.975. The Morgan fingerprint density at radius 1 is 1.36 bits per heavy atom. The predicted molar refractivity (Wildman–Crippen MR) is 79.9 cm³/mol. The standard InChI is InChI=1S/C17H24O5/c1-9-7-15-14(11(3)17(20)22-15)6-5-13(9)16(8-10(2)18)21-12(4)19/h5,9,11,14-16H,6-8H2,1-4H3/t9-,11+,14+,15+,16-/m1/s1. The Hall–Kier alpha value is -1.65. The molecule has 0 amide bonds. The molecule has 22 heavy (non-hydrogen) atoms. The average molecular weight is 308 g/mol. The van der Waals surface area contributed by atoms with Crippen LogP contribution in [0, 0.1) is 17.8 Å². The van der Waals surface area contributed by atoms with Gasteiger partial charge in [-0.3, -0.25) is 14.4 Å². The number of fused-ring (bicyclic) bond motifs is 1. The summed E-state index contributed by atoms with van der Waals surface area (Å²) in [6, 6.07) is 0. The van der Waals surface area contributed by atoms with Gasteiger partial charge in [0.25, 0.3) is 0 Å². The normalized spacial score (nSPS) is 32.4. The lowest BCUT2D eigenvalue weighted by Crippen LogP contribution is -2.26. The number of esters is 2. The predicted octanol–water partition coefficient (Wildman–Crippen LogP) is 2.43. The van der Waals surface area contributed by atoms with Crippen molar-refractivity contribution < 1.29 is 23.9 Å². The summed E-state index contributed by atoms with van der Waals surface area (Å²) in [6.07, 6.45) is 3.08. The van der Waals surface area contributed by atoms with Crippen molar-refractivity contribution in [1.29, 1.82) is 0 Å². The van der Waals surface area contributed by atoms with Crippen molar-refractivity contribution in [3.8, 4) is 0 Å². The number of hydrogen-bond acceptors (Lipinski definition) is 5. The Bertz CT molecular complexity index is 491. The Morgan fingerprint density at radius 2 is 2.05 bits per heavy atom. The lowest BCUT2D eigenvalue weighted by Gasteiger charge is -2.24. The highest BCUT2D eigenvalue weighted by Crippen LogP contribution is 2.40. The molecule has 1 aliphatic heterocycles. The highest BCUT2D eigenvalue weighted by Gasteiger charge is 2.44. The van der Waals surface area contributed by atoms with Crippen LogP contribution in [0.4, 0.5) is 0 Å². The molecule has 0 aromatic heterocycles. The van der Waals surface area contributed by atoms with Gasteiger partial charge in [0.1, 0.15) is 18.0 Å². The van der Waals surface area contributed by atoms with Crippen LogP contribution in [0.25, 0.3) is 0 Å². The lowest BCUT2D eigenvalue weighted by atomic mass is 9.87. The van der Waals surface area contributed by atoms with Gasteiger partial charge in [-0.25, -0.2) is 0 Å². The summed E-state index contributed by atoms with van der Waals surface area (Å²) in [5, 5.41) is 0. The van der Waals surface area contributed by atoms with Crippen molar-refractivity contribution in [2.24, 2.45) is 17.8 Å². The fraction of sp³-hybridized carbons (Fsp3) is 0.706. The summed E-state index contributed by atoms with van der Waals surface area (Å²) in [6.45, 7) is 6.78. The molecular formula is C17H24O5. The Labute approximate surface area is 131 Å². The van der Waals surface area contributed by atoms with E-state index in [1.807, 2.05) is 19.9 Å². The van der Waals surface area contributed by atoms with Crippen molar-refractivity contribution in [2.75, 3.05) is 0 Å². The van der Waals surface area contributed by atoms with Gasteiger partial charge in [0.2, 0.25) is 0 Å². The molecule has 0 bridgehead atoms. The molecule has 0 aromatic rings. The van der Waals surface area contributed by atoms with Gasteiger partial charge < -0.3 is 9.47 Å². The number of hydrogen-bond donors (Lipinski definition) is 0. The molecule has 0 unspecified atom stereocenters. The molecule has 122 valence electrons. The third-order valence-corrected chi connectivity index (χ3v) is 4.69. The maximum Gasteiger partial charge on any atom is 0.309 e. The van der Waals surface area contributed by atoms with Crippen LogP contribution in [0.1, 0.15) is 47.0 Å². The van der Waals surface area contributed by atoms with Gasteiger partial charge >= 0.3 is 11.9 Å². The maximum atomic E-state index is 11.7. The van der Waals surface area contributed by atoms with Gasteiger partial charge in [-0.05, 0) is 31.3 Å². The zero-order chi connectivity index (χ0) is 16.4. The second-order valence-electron chi connectivity index (χ2n) is 6.51. The van der Waals surface area contributed by atoms with Crippen LogP contribution in [-0.2, 0) is 23.9 Å². The molecule has 5 atom stereocenters. The molecule has 0 saturated carbocycles. The number of carbonyl (C=O) groups is 3. The largest absolute Gasteiger partial charge is 0.462 e. The van der Waals surface area contributed by atoms with E-state index in [2.05, 4.69) is 0 Å². The first-order valence-corrected chi connectivity index (χ1v) is 7.86. The van der Waals surface area contributed by atoms with E-state index in [-0.39, 0.29) is 48.0 Å². The second-order valence-corrected chi connectivity index (χ2v) is 6.51. The van der Waals surface area contributed by atoms with E-state index < -0.39 is 6.10 Å². The summed E-state index contributed by atoms with van der Waals surface area (Å²) >= 11 is 0. The third-order valence-electron chi connectivity index (χ3n) is 4.69. The Morgan fingerprint density at radius 3 is 2.64 bits per heavy atom. The Balaban J connectivity index is 2.21. The highest BCUT2D eigenvalue weighted by atomic mass is 16.6. The molecule has 0 spiro atoms. The topological polar surface area (TPSA) is 69.7 Å². The molecule has 1 heterocycles. The van der Waals surface area contributed by atoms with E-state index in [1.54, 1.807) is 0 Å². The SMILES string of the molecule is CC(=O)C[C@@H](OC(C)=O)C1=CC[C@@H]2[C@H](C[C@H]1C)OC(=O)[C@H]2C. The van der Waals surface area contributed by atoms with Gasteiger partial charge in [0.05, 0.1) is 5.92 Å². The molecule has 2 aliphatic rings. The lowest BCUT2D eigenvalue weighted by molar-refractivity contribution is -0.145. The smallest absolute Gasteiger partial charge is 0.309 e. The molecule has 0 radical (unpaired) electrons. The molecule has 1 saturated heterocycles. The molecule has 1 aliphatic carbocycles. The van der Waals surface area contributed by atoms with Crippen LogP contribution >= 0.6 is 0 Å². The van der Waals surface area contributed by atoms with Gasteiger partial charge in [-0.15, -0.1) is 0 Å². The van der Waals surface area contributed by atoms with E-state index in [1.165, 1.54) is 13.8 Å². The highest BCUT2D eigenvalue weighted by molar-refractivity contribution is 5.77. The van der Waals surface area contributed by atoms with Crippen molar-refractivity contribution in [2.45, 2.75) is 59.2 Å². The van der Waals surface area contributed by atoms with E-state index in [4.69, 9.17) is 9.47 Å². The van der Waals surface area contributed by atoms with E-state index in [9.17, 15) is 14.4 Å². The van der Waals surface area contributed by atoms with Crippen molar-refractivity contribution in [1.82, 2.24) is 0 Å². The number of allylic oxidation sites excluding steroid dienone is 1. The molecule has 5 heteroatoms. The maximum absolute atomic E-state index is 11.7. The quantitative estimate of drug-likeness (QED) is 0.589. The minimum absolute atomic E-state index is 0.0106. The summed E-state index contributed by atoms with van der Waals surface area (Å²) < 4.78 is 10.8. The zero-order valence-electron chi connectivity index (χ0n) is 13.6. The molecule has 0 aromatic carbocycles. The van der Waals surface area contributed by atoms with Gasteiger partial charge in [-0.2, -0.15) is 0 Å². The monoisotopic (exact) mass is 308 g/mol. The molecule has 0 N–H and O–H groups in total. The summed E-state index contributed by atoms with van der Waals surface area (Å²) in [5.74, 6) is -0.348. The molecule has 5 nitrogen and oxygen atoms in total. The summed E-state index contributed by atoms with van der Waals surface area (Å²) in [7, 11) is 0. The van der Waals surface area contributed by atoms with Crippen LogP contribution in [0.15, 0.2) is 11.6 Å². The summed E-state index contributed by atoms with van der Waals surface area (Å²) in [4.78, 5) is 34.5. The number of Topliss-reactive ketones (excluding diaryl/α,β-unsaturated/α-hetero) is 1. The molecule has 2 rings (SSSR count). The van der Waals surface area contributed by atoms with E-state index in [0.29, 0.717) is 12.8 Å². The van der Waals surface area contributed by atoms with Crippen LogP contribution in [0.2, 0.25) is 0 Å². The number of carbonyl (C=O) groups excluding carboxylic acids is 3. The molecular weight excluding hydrogens is 284 g/mol. The van der Waals surface area contributed by atoms with Gasteiger partial charge in [0.15, 0.2) is 0 Å². The van der Waals surface area contributed by atoms with Crippen LogP contribution in [-0.4, -0.2) is 29.9 Å². The fourth-order valence-electron chi connectivity index (χ4n) is 3.52. The van der Waals surface area contributed by atoms with E-state index in [0.717, 1.165) is 5.57 Å². The van der Waals surface area contributed by atoms with Crippen molar-refractivity contribution >= 4 is 17.7 Å². The number of rotatable bonds is 4. The first-order chi connectivity index (χ1) is 10.3. The first kappa shape index (κ1) is 16.7. The first-order valence-electron chi connectivity index (χ1n) is 7.86. The van der Waals surface area contributed by atoms with Gasteiger partial charge in [-0.1, -0.05) is 19.9 Å². The average Bonchev–Trinajstić information content (AvgIpc) is 2.56. The third kappa shape index (κ3) is 3.57. The van der Waals surface area contributed by atoms with Gasteiger partial charge in [0, 0.05) is 19.3 Å².